The molecule has 1 aromatic rings. The van der Waals surface area contributed by atoms with Crippen LogP contribution in [0.15, 0.2) is 30.3 Å². The summed E-state index contributed by atoms with van der Waals surface area (Å²) in [5.41, 5.74) is 6.56. The van der Waals surface area contributed by atoms with Crippen LogP contribution in [0.5, 0.6) is 0 Å². The summed E-state index contributed by atoms with van der Waals surface area (Å²) in [6.07, 6.45) is 3.36. The van der Waals surface area contributed by atoms with E-state index in [1.807, 2.05) is 35.2 Å². The molecular formula is C17H24ClN3O2. The molecule has 2 fully saturated rings. The van der Waals surface area contributed by atoms with Crippen molar-refractivity contribution in [1.29, 1.82) is 0 Å². The highest BCUT2D eigenvalue weighted by Gasteiger charge is 2.37. The molecule has 2 aliphatic heterocycles. The zero-order valence-corrected chi connectivity index (χ0v) is 14.0. The van der Waals surface area contributed by atoms with E-state index in [-0.39, 0.29) is 36.3 Å². The molecule has 0 aromatic heterocycles. The van der Waals surface area contributed by atoms with Gasteiger partial charge in [-0.25, -0.2) is 0 Å². The molecule has 23 heavy (non-hydrogen) atoms. The molecule has 0 bridgehead atoms. The van der Waals surface area contributed by atoms with Gasteiger partial charge < -0.3 is 15.5 Å². The van der Waals surface area contributed by atoms with Crippen molar-refractivity contribution in [1.82, 2.24) is 9.80 Å². The molecule has 2 heterocycles. The van der Waals surface area contributed by atoms with E-state index in [2.05, 4.69) is 0 Å². The van der Waals surface area contributed by atoms with Crippen molar-refractivity contribution in [2.45, 2.75) is 37.8 Å². The summed E-state index contributed by atoms with van der Waals surface area (Å²) in [5, 5.41) is 0. The number of carbonyl (C=O) groups excluding carboxylic acids is 2. The summed E-state index contributed by atoms with van der Waals surface area (Å²) in [4.78, 5) is 29.0. The minimum Gasteiger partial charge on any atom is -0.341 e. The average molecular weight is 338 g/mol. The number of piperidine rings is 1. The Morgan fingerprint density at radius 2 is 1.65 bits per heavy atom. The van der Waals surface area contributed by atoms with E-state index in [1.54, 1.807) is 4.90 Å². The van der Waals surface area contributed by atoms with E-state index < -0.39 is 0 Å². The minimum atomic E-state index is -0.304. The number of rotatable bonds is 2. The van der Waals surface area contributed by atoms with Crippen molar-refractivity contribution in [2.24, 2.45) is 5.73 Å². The van der Waals surface area contributed by atoms with E-state index in [0.717, 1.165) is 25.7 Å². The van der Waals surface area contributed by atoms with Crippen molar-refractivity contribution in [3.05, 3.63) is 35.9 Å². The standard InChI is InChI=1S/C17H23N3O2.ClH/c18-14-8-11-19(12-9-14)17(22)15-7-4-10-20(15)16(21)13-5-2-1-3-6-13;/h1-3,5-6,14-15H,4,7-12,18H2;1H. The Kier molecular flexibility index (Phi) is 6.02. The lowest BCUT2D eigenvalue weighted by atomic mass is 10.0. The highest BCUT2D eigenvalue weighted by atomic mass is 35.5. The number of hydrogen-bond donors (Lipinski definition) is 1. The Morgan fingerprint density at radius 3 is 2.30 bits per heavy atom. The van der Waals surface area contributed by atoms with Gasteiger partial charge in [-0.1, -0.05) is 18.2 Å². The Balaban J connectivity index is 0.00000192. The second-order valence-electron chi connectivity index (χ2n) is 6.19. The predicted molar refractivity (Wildman–Crippen MR) is 91.5 cm³/mol. The van der Waals surface area contributed by atoms with Crippen molar-refractivity contribution in [3.63, 3.8) is 0 Å². The summed E-state index contributed by atoms with van der Waals surface area (Å²) in [6, 6.07) is 9.11. The summed E-state index contributed by atoms with van der Waals surface area (Å²) < 4.78 is 0. The van der Waals surface area contributed by atoms with Gasteiger partial charge >= 0.3 is 0 Å². The van der Waals surface area contributed by atoms with Gasteiger partial charge in [0.25, 0.3) is 5.91 Å². The summed E-state index contributed by atoms with van der Waals surface area (Å²) in [6.45, 7) is 2.09. The number of halogens is 1. The van der Waals surface area contributed by atoms with Crippen LogP contribution in [0, 0.1) is 0 Å². The fourth-order valence-corrected chi connectivity index (χ4v) is 3.34. The lowest BCUT2D eigenvalue weighted by Gasteiger charge is -2.34. The van der Waals surface area contributed by atoms with Gasteiger partial charge in [-0.3, -0.25) is 9.59 Å². The van der Waals surface area contributed by atoms with Gasteiger partial charge in [0.05, 0.1) is 0 Å². The third-order valence-electron chi connectivity index (χ3n) is 4.67. The molecule has 3 rings (SSSR count). The molecule has 1 unspecified atom stereocenters. The maximum absolute atomic E-state index is 12.7. The first-order chi connectivity index (χ1) is 10.7. The fraction of sp³-hybridized carbons (Fsp3) is 0.529. The first-order valence-corrected chi connectivity index (χ1v) is 8.07. The zero-order valence-electron chi connectivity index (χ0n) is 13.2. The van der Waals surface area contributed by atoms with Gasteiger partial charge in [0.1, 0.15) is 6.04 Å². The SMILES string of the molecule is Cl.NC1CCN(C(=O)C2CCCN2C(=O)c2ccccc2)CC1. The summed E-state index contributed by atoms with van der Waals surface area (Å²) in [7, 11) is 0. The Hall–Kier alpha value is -1.59. The van der Waals surface area contributed by atoms with Gasteiger partial charge in [0.15, 0.2) is 0 Å². The summed E-state index contributed by atoms with van der Waals surface area (Å²) in [5.74, 6) is 0.0545. The Morgan fingerprint density at radius 1 is 1.00 bits per heavy atom. The molecule has 0 saturated carbocycles. The van der Waals surface area contributed by atoms with E-state index in [0.29, 0.717) is 25.2 Å². The molecule has 0 spiro atoms. The maximum Gasteiger partial charge on any atom is 0.254 e. The Bertz CT molecular complexity index is 544. The van der Waals surface area contributed by atoms with Crippen molar-refractivity contribution in [3.8, 4) is 0 Å². The van der Waals surface area contributed by atoms with Gasteiger partial charge in [0, 0.05) is 31.2 Å². The van der Waals surface area contributed by atoms with Crippen LogP contribution < -0.4 is 5.73 Å². The topological polar surface area (TPSA) is 66.6 Å². The zero-order chi connectivity index (χ0) is 15.5. The molecule has 2 N–H and O–H groups in total. The normalized spacial score (nSPS) is 21.9. The van der Waals surface area contributed by atoms with Gasteiger partial charge in [-0.2, -0.15) is 0 Å². The molecule has 2 aliphatic rings. The lowest BCUT2D eigenvalue weighted by Crippen LogP contribution is -2.51. The molecule has 6 heteroatoms. The fourth-order valence-electron chi connectivity index (χ4n) is 3.34. The van der Waals surface area contributed by atoms with E-state index in [9.17, 15) is 9.59 Å². The first-order valence-electron chi connectivity index (χ1n) is 8.07. The third kappa shape index (κ3) is 3.85. The number of nitrogens with two attached hydrogens (primary N) is 1. The number of carbonyl (C=O) groups is 2. The van der Waals surface area contributed by atoms with Crippen molar-refractivity contribution >= 4 is 24.2 Å². The minimum absolute atomic E-state index is 0. The highest BCUT2D eigenvalue weighted by Crippen LogP contribution is 2.23. The van der Waals surface area contributed by atoms with Crippen LogP contribution in [-0.4, -0.2) is 53.3 Å². The van der Waals surface area contributed by atoms with Crippen LogP contribution in [-0.2, 0) is 4.79 Å². The second kappa shape index (κ2) is 7.79. The monoisotopic (exact) mass is 337 g/mol. The molecule has 2 amide bonds. The molecule has 1 atom stereocenters. The predicted octanol–water partition coefficient (Wildman–Crippen LogP) is 1.66. The van der Waals surface area contributed by atoms with E-state index in [4.69, 9.17) is 5.73 Å². The van der Waals surface area contributed by atoms with Gasteiger partial charge in [0.2, 0.25) is 5.91 Å². The van der Waals surface area contributed by atoms with Crippen LogP contribution in [0.3, 0.4) is 0 Å². The third-order valence-corrected chi connectivity index (χ3v) is 4.67. The second-order valence-corrected chi connectivity index (χ2v) is 6.19. The largest absolute Gasteiger partial charge is 0.341 e. The molecule has 126 valence electrons. The first kappa shape index (κ1) is 17.8. The smallest absolute Gasteiger partial charge is 0.254 e. The maximum atomic E-state index is 12.7. The molecule has 0 radical (unpaired) electrons. The van der Waals surface area contributed by atoms with Gasteiger partial charge in [-0.15, -0.1) is 12.4 Å². The Labute approximate surface area is 143 Å². The van der Waals surface area contributed by atoms with E-state index >= 15 is 0 Å². The molecule has 5 nitrogen and oxygen atoms in total. The highest BCUT2D eigenvalue weighted by molar-refractivity contribution is 5.97. The van der Waals surface area contributed by atoms with Crippen LogP contribution >= 0.6 is 12.4 Å². The van der Waals surface area contributed by atoms with Crippen molar-refractivity contribution < 1.29 is 9.59 Å². The summed E-state index contributed by atoms with van der Waals surface area (Å²) >= 11 is 0. The van der Waals surface area contributed by atoms with Gasteiger partial charge in [-0.05, 0) is 37.8 Å². The molecule has 1 aromatic carbocycles. The van der Waals surface area contributed by atoms with E-state index in [1.165, 1.54) is 0 Å². The average Bonchev–Trinajstić information content (AvgIpc) is 3.04. The molecule has 2 saturated heterocycles. The number of benzene rings is 1. The van der Waals surface area contributed by atoms with Crippen LogP contribution in [0.4, 0.5) is 0 Å². The van der Waals surface area contributed by atoms with Crippen LogP contribution in [0.1, 0.15) is 36.0 Å². The lowest BCUT2D eigenvalue weighted by molar-refractivity contribution is -0.136. The molecule has 0 aliphatic carbocycles. The van der Waals surface area contributed by atoms with Crippen LogP contribution in [0.2, 0.25) is 0 Å². The van der Waals surface area contributed by atoms with Crippen molar-refractivity contribution in [2.75, 3.05) is 19.6 Å². The number of nitrogens with zero attached hydrogens (tertiary/aromatic N) is 2. The number of amides is 2. The van der Waals surface area contributed by atoms with Crippen LogP contribution in [0.25, 0.3) is 0 Å². The number of likely N-dealkylation sites (tertiary alicyclic amines) is 2. The quantitative estimate of drug-likeness (QED) is 0.892. The number of hydrogen-bond acceptors (Lipinski definition) is 3. The molecular weight excluding hydrogens is 314 g/mol.